The molecule has 0 bridgehead atoms. The number of aromatic nitrogens is 1. The Labute approximate surface area is 178 Å². The fraction of sp³-hybridized carbons (Fsp3) is 0.417. The number of rotatable bonds is 8. The van der Waals surface area contributed by atoms with E-state index in [0.29, 0.717) is 16.3 Å². The summed E-state index contributed by atoms with van der Waals surface area (Å²) in [6.07, 6.45) is -2.54. The van der Waals surface area contributed by atoms with Crippen LogP contribution in [0, 0.1) is 0 Å². The van der Waals surface area contributed by atoms with E-state index < -0.39 is 54.6 Å². The van der Waals surface area contributed by atoms with Crippen LogP contribution in [0.25, 0.3) is 11.8 Å². The van der Waals surface area contributed by atoms with Crippen LogP contribution < -0.4 is 0 Å². The first-order valence-electron chi connectivity index (χ1n) is 8.08. The largest absolute Gasteiger partial charge is 0.490 e. The molecule has 0 saturated carbocycles. The molecule has 2 aliphatic heterocycles. The second kappa shape index (κ2) is 8.86. The Balaban J connectivity index is 1.63. The van der Waals surface area contributed by atoms with E-state index in [1.807, 2.05) is 0 Å². The smallest absolute Gasteiger partial charge is 0.387 e. The predicted octanol–water partition coefficient (Wildman–Crippen LogP) is 0.190. The van der Waals surface area contributed by atoms with Gasteiger partial charge < -0.3 is 39.4 Å². The van der Waals surface area contributed by atoms with Crippen LogP contribution in [0.1, 0.15) is 10.6 Å². The third-order valence-corrected chi connectivity index (χ3v) is 8.68. The molecule has 6 N–H and O–H groups in total. The first-order valence-corrected chi connectivity index (χ1v) is 13.5. The lowest BCUT2D eigenvalue weighted by molar-refractivity contribution is -0.0605. The zero-order valence-corrected chi connectivity index (χ0v) is 18.6. The highest BCUT2D eigenvalue weighted by Gasteiger charge is 2.48. The van der Waals surface area contributed by atoms with Crippen molar-refractivity contribution in [2.75, 3.05) is 6.61 Å². The second-order valence-electron chi connectivity index (χ2n) is 6.17. The van der Waals surface area contributed by atoms with Crippen LogP contribution in [-0.4, -0.2) is 70.8 Å². The van der Waals surface area contributed by atoms with Crippen molar-refractivity contribution in [3.05, 3.63) is 28.9 Å². The SMILES string of the molecule is C=C1c2scnc2C=CN1[C@@H]1O[C@H](COP(=O)(O)OP(=O)(O)OP(=O)(O)O)[C@H](O)C1O. The molecule has 1 saturated heterocycles. The maximum atomic E-state index is 11.8. The molecule has 3 rings (SSSR count). The zero-order valence-electron chi connectivity index (χ0n) is 15.1. The van der Waals surface area contributed by atoms with Gasteiger partial charge in [0.1, 0.15) is 18.3 Å². The molecule has 1 aromatic heterocycles. The quantitative estimate of drug-likeness (QED) is 0.251. The molecule has 19 heteroatoms. The van der Waals surface area contributed by atoms with Crippen molar-refractivity contribution in [3.63, 3.8) is 0 Å². The summed E-state index contributed by atoms with van der Waals surface area (Å²) in [5, 5.41) is 20.5. The van der Waals surface area contributed by atoms with Crippen molar-refractivity contribution >= 4 is 46.6 Å². The molecule has 3 unspecified atom stereocenters. The topological polar surface area (TPSA) is 226 Å². The van der Waals surface area contributed by atoms with Crippen LogP contribution in [-0.2, 0) is 31.6 Å². The molecule has 15 nitrogen and oxygen atoms in total. The monoisotopic (exact) mass is 522 g/mol. The summed E-state index contributed by atoms with van der Waals surface area (Å²) >= 11 is 1.29. The molecular formula is C12H17N2O13P3S. The third kappa shape index (κ3) is 5.96. The minimum absolute atomic E-state index is 0.421. The number of ether oxygens (including phenoxy) is 1. The lowest BCUT2D eigenvalue weighted by Gasteiger charge is -2.32. The number of nitrogens with zero attached hydrogens (tertiary/aromatic N) is 2. The molecule has 0 aromatic carbocycles. The van der Waals surface area contributed by atoms with Gasteiger partial charge in [-0.1, -0.05) is 6.58 Å². The lowest BCUT2D eigenvalue weighted by Crippen LogP contribution is -2.41. The second-order valence-corrected chi connectivity index (χ2v) is 11.4. The van der Waals surface area contributed by atoms with Gasteiger partial charge in [-0.15, -0.1) is 11.3 Å². The molecule has 31 heavy (non-hydrogen) atoms. The van der Waals surface area contributed by atoms with Gasteiger partial charge in [0.15, 0.2) is 6.23 Å². The minimum atomic E-state index is -5.68. The Morgan fingerprint density at radius 2 is 1.81 bits per heavy atom. The maximum Gasteiger partial charge on any atom is 0.490 e. The van der Waals surface area contributed by atoms with Gasteiger partial charge in [0, 0.05) is 6.20 Å². The van der Waals surface area contributed by atoms with E-state index in [1.165, 1.54) is 22.4 Å². The molecule has 3 heterocycles. The average Bonchev–Trinajstić information content (AvgIpc) is 3.17. The van der Waals surface area contributed by atoms with Crippen LogP contribution in [0.5, 0.6) is 0 Å². The van der Waals surface area contributed by atoms with Crippen LogP contribution in [0.3, 0.4) is 0 Å². The first-order chi connectivity index (χ1) is 14.2. The van der Waals surface area contributed by atoms with Gasteiger partial charge >= 0.3 is 23.5 Å². The minimum Gasteiger partial charge on any atom is -0.387 e. The summed E-state index contributed by atoms with van der Waals surface area (Å²) in [7, 11) is -16.6. The van der Waals surface area contributed by atoms with Crippen LogP contribution >= 0.6 is 34.8 Å². The maximum absolute atomic E-state index is 11.8. The molecule has 2 aliphatic rings. The van der Waals surface area contributed by atoms with E-state index in [2.05, 4.69) is 24.7 Å². The fourth-order valence-electron chi connectivity index (χ4n) is 2.75. The number of fused-ring (bicyclic) bond motifs is 1. The normalized spacial score (nSPS) is 30.1. The van der Waals surface area contributed by atoms with Crippen molar-refractivity contribution in [1.82, 2.24) is 9.88 Å². The van der Waals surface area contributed by atoms with Gasteiger partial charge in [-0.25, -0.2) is 18.7 Å². The molecule has 0 spiro atoms. The fourth-order valence-corrected chi connectivity index (χ4v) is 6.54. The molecule has 0 amide bonds. The number of aliphatic hydroxyl groups is 2. The number of hydrogen-bond acceptors (Lipinski definition) is 12. The van der Waals surface area contributed by atoms with Crippen molar-refractivity contribution in [2.45, 2.75) is 24.5 Å². The lowest BCUT2D eigenvalue weighted by atomic mass is 10.1. The van der Waals surface area contributed by atoms with E-state index >= 15 is 0 Å². The number of aliphatic hydroxyl groups excluding tert-OH is 2. The van der Waals surface area contributed by atoms with Crippen molar-refractivity contribution in [2.24, 2.45) is 0 Å². The predicted molar refractivity (Wildman–Crippen MR) is 103 cm³/mol. The third-order valence-electron chi connectivity index (χ3n) is 3.99. The summed E-state index contributed by atoms with van der Waals surface area (Å²) in [5.74, 6) is 0. The number of thiazole rings is 1. The van der Waals surface area contributed by atoms with Crippen LogP contribution in [0.15, 0.2) is 18.3 Å². The highest BCUT2D eigenvalue weighted by molar-refractivity contribution is 7.66. The Kier molecular flexibility index (Phi) is 7.10. The molecule has 0 radical (unpaired) electrons. The molecule has 1 fully saturated rings. The average molecular weight is 522 g/mol. The zero-order chi connectivity index (χ0) is 23.2. The summed E-state index contributed by atoms with van der Waals surface area (Å²) < 4.78 is 50.9. The number of phosphoric acid groups is 3. The summed E-state index contributed by atoms with van der Waals surface area (Å²) in [5.41, 5.74) is 2.67. The summed E-state index contributed by atoms with van der Waals surface area (Å²) in [4.78, 5) is 41.9. The van der Waals surface area contributed by atoms with Crippen LogP contribution in [0.2, 0.25) is 0 Å². The standard InChI is InChI=1S/C12H17N2O13P3S/c1-6-11-7(13-5-31-11)2-3-14(6)12-10(16)9(15)8(25-12)4-24-29(20,21)27-30(22,23)26-28(17,18)19/h2-3,5,8-10,12,15-16H,1,4H2,(H,20,21)(H,22,23)(H2,17,18,19)/t8-,9+,10?,12-/m1/s1. The van der Waals surface area contributed by atoms with Gasteiger partial charge in [0.25, 0.3) is 0 Å². The van der Waals surface area contributed by atoms with Gasteiger partial charge in [-0.3, -0.25) is 4.52 Å². The van der Waals surface area contributed by atoms with Crippen molar-refractivity contribution < 1.29 is 61.4 Å². The van der Waals surface area contributed by atoms with E-state index in [0.717, 1.165) is 0 Å². The first kappa shape index (κ1) is 24.8. The summed E-state index contributed by atoms with van der Waals surface area (Å²) in [6.45, 7) is 2.98. The molecule has 1 aromatic rings. The Morgan fingerprint density at radius 3 is 2.45 bits per heavy atom. The molecule has 0 aliphatic carbocycles. The number of hydrogen-bond donors (Lipinski definition) is 6. The molecule has 174 valence electrons. The Hall–Kier alpha value is -0.800. The highest BCUT2D eigenvalue weighted by atomic mass is 32.1. The van der Waals surface area contributed by atoms with Crippen molar-refractivity contribution in [1.29, 1.82) is 0 Å². The molecular weight excluding hydrogens is 505 g/mol. The van der Waals surface area contributed by atoms with Gasteiger partial charge in [0.05, 0.1) is 28.4 Å². The van der Waals surface area contributed by atoms with E-state index in [9.17, 15) is 28.8 Å². The van der Waals surface area contributed by atoms with Gasteiger partial charge in [0.2, 0.25) is 0 Å². The molecule has 6 atom stereocenters. The van der Waals surface area contributed by atoms with E-state index in [1.54, 1.807) is 11.6 Å². The van der Waals surface area contributed by atoms with Crippen LogP contribution in [0.4, 0.5) is 0 Å². The van der Waals surface area contributed by atoms with E-state index in [4.69, 9.17) is 19.4 Å². The number of phosphoric ester groups is 1. The van der Waals surface area contributed by atoms with Gasteiger partial charge in [-0.05, 0) is 6.08 Å². The van der Waals surface area contributed by atoms with E-state index in [-0.39, 0.29) is 0 Å². The Morgan fingerprint density at radius 1 is 1.13 bits per heavy atom. The highest BCUT2D eigenvalue weighted by Crippen LogP contribution is 2.66. The van der Waals surface area contributed by atoms with Gasteiger partial charge in [-0.2, -0.15) is 8.62 Å². The summed E-state index contributed by atoms with van der Waals surface area (Å²) in [6, 6.07) is 0. The Bertz CT molecular complexity index is 1020. The van der Waals surface area contributed by atoms with Crippen molar-refractivity contribution in [3.8, 4) is 0 Å².